The summed E-state index contributed by atoms with van der Waals surface area (Å²) in [5.41, 5.74) is 1.83. The third kappa shape index (κ3) is 4.16. The Morgan fingerprint density at radius 2 is 1.50 bits per heavy atom. The molecule has 2 aromatic heterocycles. The van der Waals surface area contributed by atoms with E-state index < -0.39 is 0 Å². The smallest absolute Gasteiger partial charge is 0.0886 e. The van der Waals surface area contributed by atoms with Crippen molar-refractivity contribution >= 4 is 0 Å². The van der Waals surface area contributed by atoms with Gasteiger partial charge in [-0.05, 0) is 24.3 Å². The van der Waals surface area contributed by atoms with Crippen molar-refractivity contribution < 1.29 is 24.7 Å². The number of aromatic nitrogens is 2. The van der Waals surface area contributed by atoms with Gasteiger partial charge in [0.05, 0.1) is 11.4 Å². The summed E-state index contributed by atoms with van der Waals surface area (Å²) in [5, 5.41) is 0. The largest absolute Gasteiger partial charge is 0.255 e. The molecule has 0 fully saturated rings. The summed E-state index contributed by atoms with van der Waals surface area (Å²) in [6, 6.07) is 11.6. The average molecular weight is 313 g/mol. The van der Waals surface area contributed by atoms with Gasteiger partial charge in [0.2, 0.25) is 0 Å². The number of hydrogen-bond acceptors (Lipinski definition) is 2. The molecule has 1 aliphatic carbocycles. The quantitative estimate of drug-likeness (QED) is 0.805. The molecule has 0 spiro atoms. The van der Waals surface area contributed by atoms with Crippen molar-refractivity contribution in [3.8, 4) is 11.4 Å². The first kappa shape index (κ1) is 13.1. The summed E-state index contributed by atoms with van der Waals surface area (Å²) in [5.74, 6) is 0. The molecule has 2 heterocycles. The van der Waals surface area contributed by atoms with Crippen LogP contribution in [0.25, 0.3) is 11.4 Å². The zero-order chi connectivity index (χ0) is 12.6. The van der Waals surface area contributed by atoms with Crippen LogP contribution in [0.5, 0.6) is 0 Å². The molecule has 0 atom stereocenters. The molecule has 2 nitrogen and oxygen atoms in total. The van der Waals surface area contributed by atoms with Gasteiger partial charge in [0.25, 0.3) is 0 Å². The Kier molecular flexibility index (Phi) is 5.22. The van der Waals surface area contributed by atoms with Crippen LogP contribution in [0.4, 0.5) is 0 Å². The van der Waals surface area contributed by atoms with Gasteiger partial charge in [-0.15, -0.1) is 0 Å². The van der Waals surface area contributed by atoms with Gasteiger partial charge in [-0.2, -0.15) is 0 Å². The van der Waals surface area contributed by atoms with Crippen LogP contribution in [-0.4, -0.2) is 9.97 Å². The molecule has 0 amide bonds. The van der Waals surface area contributed by atoms with E-state index in [1.165, 1.54) is 6.42 Å². The number of pyridine rings is 2. The van der Waals surface area contributed by atoms with Gasteiger partial charge in [0, 0.05) is 12.4 Å². The first-order chi connectivity index (χ1) is 8.86. The molecule has 0 radical (unpaired) electrons. The van der Waals surface area contributed by atoms with Crippen LogP contribution in [0.2, 0.25) is 0 Å². The maximum absolute atomic E-state index is 4.19. The van der Waals surface area contributed by atoms with Crippen LogP contribution < -0.4 is 0 Å². The topological polar surface area (TPSA) is 25.8 Å². The van der Waals surface area contributed by atoms with Crippen molar-refractivity contribution in [1.29, 1.82) is 0 Å². The Bertz CT molecular complexity index is 495. The van der Waals surface area contributed by atoms with Crippen molar-refractivity contribution in [1.82, 2.24) is 9.97 Å². The Morgan fingerprint density at radius 3 is 1.78 bits per heavy atom. The van der Waals surface area contributed by atoms with Gasteiger partial charge < -0.3 is 0 Å². The summed E-state index contributed by atoms with van der Waals surface area (Å²) in [4.78, 5) is 8.37. The fraction of sp³-hybridized carbons (Fsp3) is 0.0667. The van der Waals surface area contributed by atoms with Crippen molar-refractivity contribution in [3.63, 3.8) is 0 Å². The first-order valence-electron chi connectivity index (χ1n) is 5.76. The van der Waals surface area contributed by atoms with Crippen LogP contribution >= 0.6 is 0 Å². The SMILES string of the molecule is [Zr][C]1=CC=CC1.c1ccc(-c2ccccn2)nc1. The van der Waals surface area contributed by atoms with Gasteiger partial charge in [-0.3, -0.25) is 9.97 Å². The molecule has 0 N–H and O–H groups in total. The van der Waals surface area contributed by atoms with E-state index in [9.17, 15) is 0 Å². The zero-order valence-corrected chi connectivity index (χ0v) is 12.4. The normalized spacial score (nSPS) is 12.5. The molecule has 0 unspecified atom stereocenters. The molecular formula is C15H13N2Zr. The second-order valence-corrected chi connectivity index (χ2v) is 5.33. The second kappa shape index (κ2) is 7.18. The summed E-state index contributed by atoms with van der Waals surface area (Å²) in [6.07, 6.45) is 11.2. The summed E-state index contributed by atoms with van der Waals surface area (Å²) in [7, 11) is 0. The number of nitrogens with zero attached hydrogens (tertiary/aromatic N) is 2. The minimum Gasteiger partial charge on any atom is -0.255 e. The Labute approximate surface area is 122 Å². The van der Waals surface area contributed by atoms with Crippen molar-refractivity contribution in [3.05, 3.63) is 70.3 Å². The molecule has 0 saturated carbocycles. The van der Waals surface area contributed by atoms with E-state index in [0.29, 0.717) is 0 Å². The van der Waals surface area contributed by atoms with Gasteiger partial charge >= 0.3 is 52.6 Å². The van der Waals surface area contributed by atoms with E-state index in [2.05, 4.69) is 28.2 Å². The molecule has 0 aromatic carbocycles. The second-order valence-electron chi connectivity index (χ2n) is 3.75. The Balaban J connectivity index is 0.000000169. The standard InChI is InChI=1S/C10H8N2.C5H5.Zr/c1-3-7-11-9(5-1)10-6-2-4-8-12-10;1-2-4-5-3-1;/h1-8H;1-3H,4H2;. The van der Waals surface area contributed by atoms with E-state index in [1.807, 2.05) is 36.4 Å². The molecular weight excluding hydrogens is 299 g/mol. The predicted molar refractivity (Wildman–Crippen MR) is 69.3 cm³/mol. The van der Waals surface area contributed by atoms with Crippen LogP contribution in [0.3, 0.4) is 0 Å². The van der Waals surface area contributed by atoms with E-state index in [0.717, 1.165) is 11.4 Å². The van der Waals surface area contributed by atoms with Crippen molar-refractivity contribution in [2.24, 2.45) is 0 Å². The maximum atomic E-state index is 4.19. The van der Waals surface area contributed by atoms with E-state index in [-0.39, 0.29) is 0 Å². The first-order valence-corrected chi connectivity index (χ1v) is 6.99. The maximum Gasteiger partial charge on any atom is 0.0886 e. The molecule has 18 heavy (non-hydrogen) atoms. The van der Waals surface area contributed by atoms with Gasteiger partial charge in [0.15, 0.2) is 0 Å². The molecule has 0 saturated heterocycles. The number of hydrogen-bond donors (Lipinski definition) is 0. The minimum absolute atomic E-state index is 0.915. The number of allylic oxidation sites excluding steroid dienone is 4. The average Bonchev–Trinajstić information content (AvgIpc) is 2.93. The van der Waals surface area contributed by atoms with Crippen LogP contribution in [0, 0.1) is 0 Å². The van der Waals surface area contributed by atoms with Crippen LogP contribution in [0.15, 0.2) is 70.3 Å². The molecule has 3 heteroatoms. The fourth-order valence-corrected chi connectivity index (χ4v) is 2.00. The number of rotatable bonds is 1. The molecule has 1 aliphatic rings. The van der Waals surface area contributed by atoms with Crippen LogP contribution in [-0.2, 0) is 24.7 Å². The summed E-state index contributed by atoms with van der Waals surface area (Å²) >= 11 is 1.56. The molecule has 3 rings (SSSR count). The van der Waals surface area contributed by atoms with Gasteiger partial charge in [-0.25, -0.2) is 0 Å². The molecule has 87 valence electrons. The third-order valence-electron chi connectivity index (χ3n) is 2.36. The fourth-order valence-electron chi connectivity index (χ4n) is 1.48. The monoisotopic (exact) mass is 311 g/mol. The molecule has 2 aromatic rings. The predicted octanol–water partition coefficient (Wildman–Crippen LogP) is 3.52. The zero-order valence-electron chi connectivity index (χ0n) is 9.95. The van der Waals surface area contributed by atoms with Crippen molar-refractivity contribution in [2.75, 3.05) is 0 Å². The minimum atomic E-state index is 0.915. The third-order valence-corrected chi connectivity index (χ3v) is 3.27. The Morgan fingerprint density at radius 1 is 0.889 bits per heavy atom. The molecule has 0 bridgehead atoms. The van der Waals surface area contributed by atoms with E-state index in [1.54, 1.807) is 40.4 Å². The van der Waals surface area contributed by atoms with Gasteiger partial charge in [-0.1, -0.05) is 12.1 Å². The molecule has 0 aliphatic heterocycles. The van der Waals surface area contributed by atoms with Gasteiger partial charge in [0.1, 0.15) is 0 Å². The Hall–Kier alpha value is -1.34. The van der Waals surface area contributed by atoms with Crippen LogP contribution in [0.1, 0.15) is 6.42 Å². The summed E-state index contributed by atoms with van der Waals surface area (Å²) < 4.78 is 1.56. The van der Waals surface area contributed by atoms with E-state index >= 15 is 0 Å². The van der Waals surface area contributed by atoms with E-state index in [4.69, 9.17) is 0 Å². The summed E-state index contributed by atoms with van der Waals surface area (Å²) in [6.45, 7) is 0. The van der Waals surface area contributed by atoms with Crippen molar-refractivity contribution in [2.45, 2.75) is 6.42 Å².